The minimum atomic E-state index is -5.00. The molecule has 1 aromatic rings. The quantitative estimate of drug-likeness (QED) is 0.850. The Morgan fingerprint density at radius 3 is 2.74 bits per heavy atom. The summed E-state index contributed by atoms with van der Waals surface area (Å²) in [5.41, 5.74) is 1.67. The van der Waals surface area contributed by atoms with Gasteiger partial charge in [0.1, 0.15) is 0 Å². The van der Waals surface area contributed by atoms with Gasteiger partial charge < -0.3 is 9.57 Å². The van der Waals surface area contributed by atoms with E-state index in [-0.39, 0.29) is 12.6 Å². The molecule has 2 fully saturated rings. The van der Waals surface area contributed by atoms with Crippen LogP contribution in [0.15, 0.2) is 6.20 Å². The van der Waals surface area contributed by atoms with Gasteiger partial charge in [-0.05, 0) is 31.7 Å². The molecule has 2 aliphatic heterocycles. The number of rotatable bonds is 3. The van der Waals surface area contributed by atoms with Crippen molar-refractivity contribution in [1.29, 1.82) is 0 Å². The summed E-state index contributed by atoms with van der Waals surface area (Å²) in [4.78, 5) is 15.8. The van der Waals surface area contributed by atoms with Crippen LogP contribution in [0, 0.1) is 6.92 Å². The second-order valence-corrected chi connectivity index (χ2v) is 5.88. The molecule has 0 spiro atoms. The molecule has 0 aromatic carbocycles. The summed E-state index contributed by atoms with van der Waals surface area (Å²) in [6.07, 6.45) is -1.16. The maximum absolute atomic E-state index is 12.5. The summed E-state index contributed by atoms with van der Waals surface area (Å²) in [6, 6.07) is -0.334. The third kappa shape index (κ3) is 3.20. The molecule has 0 bridgehead atoms. The van der Waals surface area contributed by atoms with Crippen LogP contribution < -0.4 is 0 Å². The molecule has 0 amide bonds. The van der Waals surface area contributed by atoms with E-state index in [0.717, 1.165) is 22.7 Å². The molecular formula is C14H18F3N3O3. The number of hydrogen-bond acceptors (Lipinski definition) is 5. The van der Waals surface area contributed by atoms with Gasteiger partial charge in [0.2, 0.25) is 0 Å². The van der Waals surface area contributed by atoms with E-state index in [4.69, 9.17) is 4.74 Å². The first-order valence-corrected chi connectivity index (χ1v) is 7.55. The van der Waals surface area contributed by atoms with E-state index in [9.17, 15) is 18.0 Å². The van der Waals surface area contributed by atoms with Gasteiger partial charge in [0, 0.05) is 6.54 Å². The van der Waals surface area contributed by atoms with Gasteiger partial charge in [-0.3, -0.25) is 4.68 Å². The Bertz CT molecular complexity index is 584. The predicted octanol–water partition coefficient (Wildman–Crippen LogP) is 2.31. The number of aromatic nitrogens is 2. The van der Waals surface area contributed by atoms with Crippen molar-refractivity contribution in [3.63, 3.8) is 0 Å². The lowest BCUT2D eigenvalue weighted by Crippen LogP contribution is -2.42. The predicted molar refractivity (Wildman–Crippen MR) is 72.3 cm³/mol. The molecule has 1 atom stereocenters. The summed E-state index contributed by atoms with van der Waals surface area (Å²) in [7, 11) is 0. The number of carbonyl (C=O) groups excluding carboxylic acids is 1. The Kier molecular flexibility index (Phi) is 4.33. The molecule has 128 valence electrons. The van der Waals surface area contributed by atoms with Gasteiger partial charge in [-0.15, -0.1) is 5.06 Å². The fraction of sp³-hybridized carbons (Fsp3) is 0.714. The molecule has 9 heteroatoms. The Balaban J connectivity index is 1.84. The molecule has 0 saturated carbocycles. The first-order chi connectivity index (χ1) is 10.9. The van der Waals surface area contributed by atoms with Crippen LogP contribution in [0.1, 0.15) is 42.6 Å². The summed E-state index contributed by atoms with van der Waals surface area (Å²) in [5, 5.41) is 5.47. The van der Waals surface area contributed by atoms with E-state index in [0.29, 0.717) is 26.1 Å². The zero-order chi connectivity index (χ0) is 16.6. The number of hydrogen-bond donors (Lipinski definition) is 0. The fourth-order valence-electron chi connectivity index (χ4n) is 2.97. The number of alkyl halides is 3. The van der Waals surface area contributed by atoms with E-state index in [1.54, 1.807) is 10.9 Å². The van der Waals surface area contributed by atoms with Crippen molar-refractivity contribution in [2.24, 2.45) is 0 Å². The van der Waals surface area contributed by atoms with Crippen molar-refractivity contribution < 1.29 is 27.5 Å². The highest BCUT2D eigenvalue weighted by Gasteiger charge is 2.44. The van der Waals surface area contributed by atoms with E-state index in [1.807, 2.05) is 6.92 Å². The van der Waals surface area contributed by atoms with Crippen LogP contribution in [-0.2, 0) is 14.4 Å². The summed E-state index contributed by atoms with van der Waals surface area (Å²) >= 11 is 0. The Morgan fingerprint density at radius 2 is 2.13 bits per heavy atom. The normalized spacial score (nSPS) is 23.6. The molecule has 1 aromatic heterocycles. The maximum Gasteiger partial charge on any atom is 0.492 e. The van der Waals surface area contributed by atoms with Crippen molar-refractivity contribution in [2.45, 2.75) is 44.4 Å². The largest absolute Gasteiger partial charge is 0.492 e. The van der Waals surface area contributed by atoms with Gasteiger partial charge in [0.15, 0.2) is 0 Å². The molecule has 2 aliphatic rings. The highest BCUT2D eigenvalue weighted by atomic mass is 19.4. The molecule has 2 saturated heterocycles. The van der Waals surface area contributed by atoms with Gasteiger partial charge in [-0.1, -0.05) is 0 Å². The van der Waals surface area contributed by atoms with Crippen LogP contribution >= 0.6 is 0 Å². The fourth-order valence-corrected chi connectivity index (χ4v) is 2.97. The number of carbonyl (C=O) groups is 1. The average Bonchev–Trinajstić information content (AvgIpc) is 2.78. The van der Waals surface area contributed by atoms with Crippen molar-refractivity contribution in [1.82, 2.24) is 14.8 Å². The Labute approximate surface area is 131 Å². The zero-order valence-corrected chi connectivity index (χ0v) is 12.7. The summed E-state index contributed by atoms with van der Waals surface area (Å²) < 4.78 is 44.4. The van der Waals surface area contributed by atoms with Crippen molar-refractivity contribution in [2.75, 3.05) is 19.8 Å². The van der Waals surface area contributed by atoms with Crippen molar-refractivity contribution >= 4 is 5.97 Å². The molecule has 3 heterocycles. The van der Waals surface area contributed by atoms with Gasteiger partial charge in [0.25, 0.3) is 0 Å². The van der Waals surface area contributed by atoms with E-state index < -0.39 is 18.2 Å². The monoisotopic (exact) mass is 333 g/mol. The van der Waals surface area contributed by atoms with Crippen LogP contribution in [0.4, 0.5) is 13.2 Å². The third-order valence-corrected chi connectivity index (χ3v) is 4.19. The highest BCUT2D eigenvalue weighted by Crippen LogP contribution is 2.36. The number of ether oxygens (including phenoxy) is 1. The summed E-state index contributed by atoms with van der Waals surface area (Å²) in [5.74, 6) is -2.18. The van der Waals surface area contributed by atoms with E-state index >= 15 is 0 Å². The standard InChI is InChI=1S/C14H18F3N3O3/c1-9-6-18-20(10-7-22-8-10)12(9)11-4-2-3-5-19(11)23-13(21)14(15,16)17/h6,10-11H,2-5,7-8H2,1H3. The van der Waals surface area contributed by atoms with E-state index in [1.165, 1.54) is 0 Å². The molecular weight excluding hydrogens is 315 g/mol. The van der Waals surface area contributed by atoms with Crippen LogP contribution in [0.25, 0.3) is 0 Å². The third-order valence-electron chi connectivity index (χ3n) is 4.19. The lowest BCUT2D eigenvalue weighted by Gasteiger charge is -2.36. The molecule has 0 N–H and O–H groups in total. The van der Waals surface area contributed by atoms with Crippen LogP contribution in [0.5, 0.6) is 0 Å². The lowest BCUT2D eigenvalue weighted by molar-refractivity contribution is -0.251. The molecule has 0 aliphatic carbocycles. The Morgan fingerprint density at radius 1 is 1.39 bits per heavy atom. The number of nitrogens with zero attached hydrogens (tertiary/aromatic N) is 3. The minimum absolute atomic E-state index is 0.0841. The SMILES string of the molecule is Cc1cnn(C2COC2)c1C1CCCCN1OC(=O)C(F)(F)F. The second kappa shape index (κ2) is 6.12. The van der Waals surface area contributed by atoms with Crippen molar-refractivity contribution in [3.8, 4) is 0 Å². The van der Waals surface area contributed by atoms with Crippen LogP contribution in [-0.4, -0.2) is 46.7 Å². The minimum Gasteiger partial charge on any atom is -0.377 e. The van der Waals surface area contributed by atoms with Gasteiger partial charge >= 0.3 is 12.1 Å². The average molecular weight is 333 g/mol. The van der Waals surface area contributed by atoms with Gasteiger partial charge in [0.05, 0.1) is 37.2 Å². The molecule has 3 rings (SSSR count). The highest BCUT2D eigenvalue weighted by molar-refractivity contribution is 5.75. The lowest BCUT2D eigenvalue weighted by atomic mass is 9.98. The van der Waals surface area contributed by atoms with E-state index in [2.05, 4.69) is 9.94 Å². The van der Waals surface area contributed by atoms with Crippen LogP contribution in [0.3, 0.4) is 0 Å². The zero-order valence-electron chi connectivity index (χ0n) is 12.7. The number of hydroxylamine groups is 2. The van der Waals surface area contributed by atoms with Gasteiger partial charge in [-0.2, -0.15) is 18.3 Å². The maximum atomic E-state index is 12.5. The number of aryl methyl sites for hydroxylation is 1. The Hall–Kier alpha value is -1.61. The topological polar surface area (TPSA) is 56.6 Å². The number of halogens is 3. The second-order valence-electron chi connectivity index (χ2n) is 5.88. The van der Waals surface area contributed by atoms with Gasteiger partial charge in [-0.25, -0.2) is 4.79 Å². The first-order valence-electron chi connectivity index (χ1n) is 7.55. The molecule has 6 nitrogen and oxygen atoms in total. The van der Waals surface area contributed by atoms with Crippen LogP contribution in [0.2, 0.25) is 0 Å². The van der Waals surface area contributed by atoms with Crippen molar-refractivity contribution in [3.05, 3.63) is 17.5 Å². The molecule has 23 heavy (non-hydrogen) atoms. The molecule has 1 unspecified atom stereocenters. The summed E-state index contributed by atoms with van der Waals surface area (Å²) in [6.45, 7) is 3.20. The number of piperidine rings is 1. The smallest absolute Gasteiger partial charge is 0.377 e. The molecule has 0 radical (unpaired) electrons. The first kappa shape index (κ1) is 16.3.